The van der Waals surface area contributed by atoms with Crippen molar-refractivity contribution in [2.45, 2.75) is 37.5 Å². The fourth-order valence-electron chi connectivity index (χ4n) is 1.99. The SMILES string of the molecule is CC(C)N1N=C(C(F)(F)F)SC1C(O)C(=O)Nc1ccccc1F. The Hall–Kier alpha value is -1.81. The van der Waals surface area contributed by atoms with Gasteiger partial charge in [-0.05, 0) is 26.0 Å². The highest BCUT2D eigenvalue weighted by Crippen LogP contribution is 2.37. The van der Waals surface area contributed by atoms with E-state index in [2.05, 4.69) is 10.4 Å². The quantitative estimate of drug-likeness (QED) is 0.806. The largest absolute Gasteiger partial charge is 0.441 e. The van der Waals surface area contributed by atoms with Crippen LogP contribution in [-0.2, 0) is 4.79 Å². The molecule has 0 aromatic heterocycles. The van der Waals surface area contributed by atoms with Gasteiger partial charge in [0.25, 0.3) is 5.91 Å². The number of benzene rings is 1. The smallest absolute Gasteiger partial charge is 0.380 e. The lowest BCUT2D eigenvalue weighted by molar-refractivity contribution is -0.125. The third-order valence-electron chi connectivity index (χ3n) is 3.14. The summed E-state index contributed by atoms with van der Waals surface area (Å²) in [6, 6.07) is 4.80. The van der Waals surface area contributed by atoms with Crippen LogP contribution >= 0.6 is 11.8 Å². The number of amides is 1. The lowest BCUT2D eigenvalue weighted by Crippen LogP contribution is -2.45. The third kappa shape index (κ3) is 3.99. The van der Waals surface area contributed by atoms with Gasteiger partial charge in [0.05, 0.1) is 5.69 Å². The Morgan fingerprint density at radius 2 is 2.00 bits per heavy atom. The zero-order valence-corrected chi connectivity index (χ0v) is 13.5. The summed E-state index contributed by atoms with van der Waals surface area (Å²) in [5.41, 5.74) is -0.169. The maximum absolute atomic E-state index is 13.5. The maximum atomic E-state index is 13.5. The number of hydrogen-bond acceptors (Lipinski definition) is 5. The molecule has 0 radical (unpaired) electrons. The fourth-order valence-corrected chi connectivity index (χ4v) is 3.15. The van der Waals surface area contributed by atoms with Crippen molar-refractivity contribution in [3.8, 4) is 0 Å². The minimum Gasteiger partial charge on any atom is -0.380 e. The highest BCUT2D eigenvalue weighted by atomic mass is 32.2. The molecule has 1 aliphatic rings. The maximum Gasteiger partial charge on any atom is 0.441 e. The summed E-state index contributed by atoms with van der Waals surface area (Å²) in [4.78, 5) is 12.1. The van der Waals surface area contributed by atoms with Crippen LogP contribution in [0.1, 0.15) is 13.8 Å². The molecule has 2 atom stereocenters. The first-order valence-corrected chi connectivity index (χ1v) is 7.83. The van der Waals surface area contributed by atoms with E-state index in [4.69, 9.17) is 0 Å². The highest BCUT2D eigenvalue weighted by molar-refractivity contribution is 8.14. The number of aliphatic hydroxyl groups is 1. The minimum atomic E-state index is -4.67. The predicted octanol–water partition coefficient (Wildman–Crippen LogP) is 2.78. The number of hydrazone groups is 1. The monoisotopic (exact) mass is 365 g/mol. The van der Waals surface area contributed by atoms with Crippen molar-refractivity contribution < 1.29 is 27.5 Å². The average molecular weight is 365 g/mol. The van der Waals surface area contributed by atoms with Gasteiger partial charge in [0.15, 0.2) is 11.1 Å². The van der Waals surface area contributed by atoms with Gasteiger partial charge in [-0.15, -0.1) is 0 Å². The molecule has 0 aliphatic carbocycles. The van der Waals surface area contributed by atoms with Crippen LogP contribution < -0.4 is 5.32 Å². The van der Waals surface area contributed by atoms with Crippen LogP contribution in [-0.4, -0.2) is 44.8 Å². The molecule has 1 amide bonds. The normalized spacial score (nSPS) is 19.4. The van der Waals surface area contributed by atoms with E-state index in [1.807, 2.05) is 0 Å². The van der Waals surface area contributed by atoms with Crippen molar-refractivity contribution in [2.75, 3.05) is 5.32 Å². The molecule has 0 saturated heterocycles. The highest BCUT2D eigenvalue weighted by Gasteiger charge is 2.47. The summed E-state index contributed by atoms with van der Waals surface area (Å²) in [5.74, 6) is -1.73. The van der Waals surface area contributed by atoms with Gasteiger partial charge in [-0.3, -0.25) is 9.80 Å². The first-order chi connectivity index (χ1) is 11.1. The Morgan fingerprint density at radius 3 is 2.54 bits per heavy atom. The number of halogens is 4. The number of para-hydroxylation sites is 1. The number of aliphatic hydroxyl groups excluding tert-OH is 1. The summed E-state index contributed by atoms with van der Waals surface area (Å²) < 4.78 is 52.0. The summed E-state index contributed by atoms with van der Waals surface area (Å²) in [6.07, 6.45) is -6.51. The fraction of sp³-hybridized carbons (Fsp3) is 0.429. The van der Waals surface area contributed by atoms with Crippen LogP contribution in [0.25, 0.3) is 0 Å². The van der Waals surface area contributed by atoms with E-state index >= 15 is 0 Å². The van der Waals surface area contributed by atoms with Crippen LogP contribution in [0.15, 0.2) is 29.4 Å². The van der Waals surface area contributed by atoms with Gasteiger partial charge in [0.1, 0.15) is 11.2 Å². The van der Waals surface area contributed by atoms with E-state index < -0.39 is 40.5 Å². The third-order valence-corrected chi connectivity index (χ3v) is 4.39. The van der Waals surface area contributed by atoms with Gasteiger partial charge in [-0.2, -0.15) is 18.3 Å². The van der Waals surface area contributed by atoms with Gasteiger partial charge in [0.2, 0.25) is 0 Å². The first-order valence-electron chi connectivity index (χ1n) is 6.95. The Balaban J connectivity index is 2.15. The van der Waals surface area contributed by atoms with Crippen molar-refractivity contribution in [1.29, 1.82) is 0 Å². The van der Waals surface area contributed by atoms with E-state index in [0.29, 0.717) is 0 Å². The summed E-state index contributed by atoms with van der Waals surface area (Å²) in [5, 5.41) is 14.4. The molecule has 2 unspecified atom stereocenters. The molecule has 1 aromatic rings. The van der Waals surface area contributed by atoms with Gasteiger partial charge in [0, 0.05) is 6.04 Å². The van der Waals surface area contributed by atoms with E-state index in [1.165, 1.54) is 18.2 Å². The summed E-state index contributed by atoms with van der Waals surface area (Å²) in [7, 11) is 0. The molecule has 0 saturated carbocycles. The number of nitrogens with one attached hydrogen (secondary N) is 1. The van der Waals surface area contributed by atoms with E-state index in [-0.39, 0.29) is 17.4 Å². The van der Waals surface area contributed by atoms with Crippen LogP contribution in [0.4, 0.5) is 23.2 Å². The average Bonchev–Trinajstić information content (AvgIpc) is 2.94. The van der Waals surface area contributed by atoms with Crippen LogP contribution in [0, 0.1) is 5.82 Å². The number of carbonyl (C=O) groups is 1. The molecule has 2 rings (SSSR count). The van der Waals surface area contributed by atoms with Gasteiger partial charge in [-0.25, -0.2) is 4.39 Å². The number of hydrogen-bond donors (Lipinski definition) is 2. The molecule has 1 aliphatic heterocycles. The molecule has 0 fully saturated rings. The first kappa shape index (κ1) is 18.5. The predicted molar refractivity (Wildman–Crippen MR) is 82.9 cm³/mol. The van der Waals surface area contributed by atoms with Gasteiger partial charge >= 0.3 is 6.18 Å². The summed E-state index contributed by atoms with van der Waals surface area (Å²) >= 11 is 0.252. The minimum absolute atomic E-state index is 0.169. The number of rotatable bonds is 4. The molecule has 1 heterocycles. The van der Waals surface area contributed by atoms with E-state index in [9.17, 15) is 27.5 Å². The second-order valence-electron chi connectivity index (χ2n) is 5.30. The summed E-state index contributed by atoms with van der Waals surface area (Å²) in [6.45, 7) is 3.16. The Bertz CT molecular complexity index is 651. The van der Waals surface area contributed by atoms with Gasteiger partial charge in [-0.1, -0.05) is 23.9 Å². The van der Waals surface area contributed by atoms with E-state index in [1.54, 1.807) is 13.8 Å². The van der Waals surface area contributed by atoms with Gasteiger partial charge < -0.3 is 10.4 Å². The lowest BCUT2D eigenvalue weighted by Gasteiger charge is -2.29. The Morgan fingerprint density at radius 1 is 1.38 bits per heavy atom. The molecular formula is C14H15F4N3O2S. The van der Waals surface area contributed by atoms with Crippen molar-refractivity contribution in [3.05, 3.63) is 30.1 Å². The molecule has 1 aromatic carbocycles. The number of thioether (sulfide) groups is 1. The molecule has 2 N–H and O–H groups in total. The van der Waals surface area contributed by atoms with Crippen molar-refractivity contribution in [1.82, 2.24) is 5.01 Å². The number of nitrogens with zero attached hydrogens (tertiary/aromatic N) is 2. The molecule has 10 heteroatoms. The molecule has 0 spiro atoms. The zero-order chi connectivity index (χ0) is 18.1. The second kappa shape index (κ2) is 6.98. The molecule has 0 bridgehead atoms. The topological polar surface area (TPSA) is 64.9 Å². The Labute approximate surface area is 139 Å². The van der Waals surface area contributed by atoms with E-state index in [0.717, 1.165) is 11.1 Å². The Kier molecular flexibility index (Phi) is 5.38. The number of anilines is 1. The number of carbonyl (C=O) groups excluding carboxylic acids is 1. The molecular weight excluding hydrogens is 350 g/mol. The second-order valence-corrected chi connectivity index (χ2v) is 6.40. The van der Waals surface area contributed by atoms with Crippen LogP contribution in [0.3, 0.4) is 0 Å². The zero-order valence-electron chi connectivity index (χ0n) is 12.7. The van der Waals surface area contributed by atoms with Crippen molar-refractivity contribution in [2.24, 2.45) is 5.10 Å². The molecule has 24 heavy (non-hydrogen) atoms. The van der Waals surface area contributed by atoms with Crippen LogP contribution in [0.5, 0.6) is 0 Å². The standard InChI is InChI=1S/C14H15F4N3O2S/c1-7(2)21-12(24-13(20-21)14(16,17)18)10(22)11(23)19-9-6-4-3-5-8(9)15/h3-7,10,12,22H,1-2H3,(H,19,23). The van der Waals surface area contributed by atoms with Crippen LogP contribution in [0.2, 0.25) is 0 Å². The molecule has 5 nitrogen and oxygen atoms in total. The number of alkyl halides is 3. The lowest BCUT2D eigenvalue weighted by atomic mass is 10.2. The van der Waals surface area contributed by atoms with Crippen molar-refractivity contribution >= 4 is 28.4 Å². The van der Waals surface area contributed by atoms with Crippen molar-refractivity contribution in [3.63, 3.8) is 0 Å². The molecule has 132 valence electrons.